The molecule has 0 fully saturated rings. The summed E-state index contributed by atoms with van der Waals surface area (Å²) in [5.74, 6) is -0.709. The van der Waals surface area contributed by atoms with Crippen molar-refractivity contribution in [1.29, 1.82) is 0 Å². The number of rotatable bonds is 3. The summed E-state index contributed by atoms with van der Waals surface area (Å²) < 4.78 is 14.8. The molecule has 0 unspecified atom stereocenters. The van der Waals surface area contributed by atoms with E-state index in [1.54, 1.807) is 0 Å². The minimum Gasteiger partial charge on any atom is -0.454 e. The lowest BCUT2D eigenvalue weighted by Crippen LogP contribution is -2.09. The molecular formula is C22H21NO. The zero-order chi connectivity index (χ0) is 17.6. The van der Waals surface area contributed by atoms with Crippen LogP contribution in [0, 0.1) is 0 Å². The molecule has 0 saturated heterocycles. The van der Waals surface area contributed by atoms with Gasteiger partial charge in [-0.15, -0.1) is 0 Å². The lowest BCUT2D eigenvalue weighted by molar-refractivity contribution is 0.657. The summed E-state index contributed by atoms with van der Waals surface area (Å²) in [6.07, 6.45) is 0. The van der Waals surface area contributed by atoms with Crippen molar-refractivity contribution < 1.29 is 5.79 Å². The van der Waals surface area contributed by atoms with E-state index in [0.29, 0.717) is 0 Å². The molecule has 0 aliphatic heterocycles. The van der Waals surface area contributed by atoms with Crippen molar-refractivity contribution in [2.45, 2.75) is 19.7 Å². The summed E-state index contributed by atoms with van der Waals surface area (Å²) in [6, 6.07) is 22.5. The van der Waals surface area contributed by atoms with Crippen molar-refractivity contribution in [3.63, 3.8) is 0 Å². The van der Waals surface area contributed by atoms with Crippen LogP contribution in [0.5, 0.6) is 0 Å². The van der Waals surface area contributed by atoms with Gasteiger partial charge in [0.05, 0.1) is 5.69 Å². The topological polar surface area (TPSA) is 16.4 Å². The van der Waals surface area contributed by atoms with E-state index in [2.05, 4.69) is 41.3 Å². The first-order chi connectivity index (χ1) is 12.0. The molecule has 0 saturated carbocycles. The molecule has 0 amide bonds. The van der Waals surface area contributed by atoms with E-state index in [9.17, 15) is 0 Å². The van der Waals surface area contributed by atoms with Crippen LogP contribution in [0.15, 0.2) is 71.1 Å². The van der Waals surface area contributed by atoms with Gasteiger partial charge in [-0.05, 0) is 29.7 Å². The Morgan fingerprint density at radius 2 is 1.50 bits per heavy atom. The lowest BCUT2D eigenvalue weighted by Gasteiger charge is -2.19. The first-order valence-corrected chi connectivity index (χ1v) is 8.20. The molecule has 0 aliphatic carbocycles. The van der Waals surface area contributed by atoms with Gasteiger partial charge in [-0.3, -0.25) is 0 Å². The van der Waals surface area contributed by atoms with Crippen molar-refractivity contribution in [3.8, 4) is 0 Å². The monoisotopic (exact) mass is 316 g/mol. The maximum absolute atomic E-state index is 8.43. The van der Waals surface area contributed by atoms with Crippen molar-refractivity contribution in [2.24, 2.45) is 0 Å². The largest absolute Gasteiger partial charge is 0.454 e. The van der Waals surface area contributed by atoms with Gasteiger partial charge >= 0.3 is 0 Å². The second-order valence-corrected chi connectivity index (χ2v) is 6.33. The smallest absolute Gasteiger partial charge is 0.159 e. The standard InChI is InChI=1S/C22H21NO/c1-15(2)17-11-7-12-18-19-13-8-14-20(22(19)24-21(17)18)23(3)16-9-5-4-6-10-16/h4-15H,1-3H3/i15D. The van der Waals surface area contributed by atoms with Crippen LogP contribution >= 0.6 is 0 Å². The number of fused-ring (bicyclic) bond motifs is 3. The molecule has 4 rings (SSSR count). The number of anilines is 2. The second-order valence-electron chi connectivity index (χ2n) is 6.33. The predicted molar refractivity (Wildman–Crippen MR) is 102 cm³/mol. The zero-order valence-electron chi connectivity index (χ0n) is 15.2. The number of nitrogens with zero attached hydrogens (tertiary/aromatic N) is 1. The Hall–Kier alpha value is -2.74. The minimum atomic E-state index is -0.709. The number of hydrogen-bond acceptors (Lipinski definition) is 2. The highest BCUT2D eigenvalue weighted by Crippen LogP contribution is 2.39. The highest BCUT2D eigenvalue weighted by Gasteiger charge is 2.17. The van der Waals surface area contributed by atoms with E-state index in [1.165, 1.54) is 0 Å². The molecule has 0 N–H and O–H groups in total. The Labute approximate surface area is 143 Å². The zero-order valence-corrected chi connectivity index (χ0v) is 14.2. The van der Waals surface area contributed by atoms with E-state index in [-0.39, 0.29) is 0 Å². The van der Waals surface area contributed by atoms with Gasteiger partial charge in [0.2, 0.25) is 0 Å². The fourth-order valence-corrected chi connectivity index (χ4v) is 3.25. The Morgan fingerprint density at radius 3 is 2.21 bits per heavy atom. The molecule has 3 aromatic carbocycles. The van der Waals surface area contributed by atoms with E-state index < -0.39 is 5.89 Å². The minimum absolute atomic E-state index is 0.709. The summed E-state index contributed by atoms with van der Waals surface area (Å²) in [7, 11) is 2.05. The summed E-state index contributed by atoms with van der Waals surface area (Å²) in [4.78, 5) is 2.14. The maximum Gasteiger partial charge on any atom is 0.159 e. The Balaban J connectivity index is 1.99. The quantitative estimate of drug-likeness (QED) is 0.430. The summed E-state index contributed by atoms with van der Waals surface area (Å²) in [5.41, 5.74) is 4.71. The van der Waals surface area contributed by atoms with E-state index in [4.69, 9.17) is 5.79 Å². The average molecular weight is 316 g/mol. The summed E-state index contributed by atoms with van der Waals surface area (Å²) in [6.45, 7) is 3.79. The number of furan rings is 1. The van der Waals surface area contributed by atoms with Crippen LogP contribution in [-0.2, 0) is 0 Å². The summed E-state index contributed by atoms with van der Waals surface area (Å²) >= 11 is 0. The SMILES string of the molecule is [2H]C(C)(C)c1cccc2c1oc1c(N(C)c3ccccc3)cccc12. The third-order valence-corrected chi connectivity index (χ3v) is 4.55. The fraction of sp³-hybridized carbons (Fsp3) is 0.182. The first kappa shape index (κ1) is 13.7. The van der Waals surface area contributed by atoms with Gasteiger partial charge in [0, 0.05) is 24.9 Å². The van der Waals surface area contributed by atoms with Gasteiger partial charge in [0.15, 0.2) is 5.58 Å². The van der Waals surface area contributed by atoms with Crippen molar-refractivity contribution in [3.05, 3.63) is 72.3 Å². The molecule has 0 spiro atoms. The molecule has 2 nitrogen and oxygen atoms in total. The lowest BCUT2D eigenvalue weighted by atomic mass is 10.0. The van der Waals surface area contributed by atoms with Gasteiger partial charge in [0.25, 0.3) is 0 Å². The van der Waals surface area contributed by atoms with E-state index in [0.717, 1.165) is 38.9 Å². The molecule has 1 heterocycles. The van der Waals surface area contributed by atoms with Crippen molar-refractivity contribution >= 4 is 33.3 Å². The maximum atomic E-state index is 8.43. The highest BCUT2D eigenvalue weighted by molar-refractivity contribution is 6.10. The van der Waals surface area contributed by atoms with Crippen LogP contribution in [0.4, 0.5) is 11.4 Å². The Morgan fingerprint density at radius 1 is 0.833 bits per heavy atom. The van der Waals surface area contributed by atoms with Crippen molar-refractivity contribution in [2.75, 3.05) is 11.9 Å². The molecule has 1 aromatic heterocycles. The van der Waals surface area contributed by atoms with E-state index >= 15 is 0 Å². The molecule has 2 heteroatoms. The third-order valence-electron chi connectivity index (χ3n) is 4.55. The molecule has 4 aromatic rings. The van der Waals surface area contributed by atoms with Gasteiger partial charge < -0.3 is 9.32 Å². The van der Waals surface area contributed by atoms with E-state index in [1.807, 2.05) is 51.2 Å². The van der Waals surface area contributed by atoms with Crippen LogP contribution in [0.1, 0.15) is 26.7 Å². The van der Waals surface area contributed by atoms with Crippen LogP contribution in [0.2, 0.25) is 0 Å². The van der Waals surface area contributed by atoms with Gasteiger partial charge in [-0.25, -0.2) is 0 Å². The molecule has 120 valence electrons. The molecular weight excluding hydrogens is 294 g/mol. The van der Waals surface area contributed by atoms with Crippen LogP contribution in [0.25, 0.3) is 21.9 Å². The van der Waals surface area contributed by atoms with Crippen LogP contribution in [0.3, 0.4) is 0 Å². The van der Waals surface area contributed by atoms with Crippen LogP contribution in [-0.4, -0.2) is 7.05 Å². The molecule has 0 aliphatic rings. The first-order valence-electron chi connectivity index (χ1n) is 8.70. The van der Waals surface area contributed by atoms with Gasteiger partial charge in [-0.2, -0.15) is 0 Å². The Bertz CT molecular complexity index is 1040. The van der Waals surface area contributed by atoms with Crippen molar-refractivity contribution in [1.82, 2.24) is 0 Å². The van der Waals surface area contributed by atoms with Gasteiger partial charge in [0.1, 0.15) is 5.58 Å². The molecule has 0 atom stereocenters. The third kappa shape index (κ3) is 2.26. The molecule has 24 heavy (non-hydrogen) atoms. The number of hydrogen-bond donors (Lipinski definition) is 0. The fourth-order valence-electron chi connectivity index (χ4n) is 3.25. The number of benzene rings is 3. The van der Waals surface area contributed by atoms with Crippen LogP contribution < -0.4 is 4.90 Å². The normalized spacial score (nSPS) is 12.5. The second kappa shape index (κ2) is 5.72. The predicted octanol–water partition coefficient (Wildman–Crippen LogP) is 6.48. The average Bonchev–Trinajstić information content (AvgIpc) is 2.99. The summed E-state index contributed by atoms with van der Waals surface area (Å²) in [5, 5.41) is 2.15. The number of para-hydroxylation sites is 3. The van der Waals surface area contributed by atoms with Gasteiger partial charge in [-0.1, -0.05) is 62.4 Å². The molecule has 0 radical (unpaired) electrons. The molecule has 0 bridgehead atoms. The highest BCUT2D eigenvalue weighted by atomic mass is 16.3. The Kier molecular flexibility index (Phi) is 3.26.